The van der Waals surface area contributed by atoms with E-state index in [-0.39, 0.29) is 30.1 Å². The highest BCUT2D eigenvalue weighted by Gasteiger charge is 2.33. The average Bonchev–Trinajstić information content (AvgIpc) is 2.93. The summed E-state index contributed by atoms with van der Waals surface area (Å²) in [4.78, 5) is 88.4. The van der Waals surface area contributed by atoms with Gasteiger partial charge in [-0.2, -0.15) is 0 Å². The molecule has 0 bridgehead atoms. The van der Waals surface area contributed by atoms with E-state index in [1.807, 2.05) is 0 Å². The van der Waals surface area contributed by atoms with Gasteiger partial charge in [0.25, 0.3) is 11.6 Å². The second kappa shape index (κ2) is 9.25. The predicted octanol–water partition coefficient (Wildman–Crippen LogP) is 2.56. The Morgan fingerprint density at radius 1 is 0.548 bits per heavy atom. The summed E-state index contributed by atoms with van der Waals surface area (Å²) in [6, 6.07) is 5.98. The molecule has 0 radical (unpaired) electrons. The summed E-state index contributed by atoms with van der Waals surface area (Å²) in [6.07, 6.45) is 0. The fourth-order valence-corrected chi connectivity index (χ4v) is 3.03. The maximum Gasteiger partial charge on any atom is 0.271 e. The van der Waals surface area contributed by atoms with Crippen LogP contribution < -0.4 is 0 Å². The molecule has 8 heteroatoms. The van der Waals surface area contributed by atoms with E-state index < -0.39 is 34.7 Å². The lowest BCUT2D eigenvalue weighted by atomic mass is 9.92. The molecule has 0 atom stereocenters. The fourth-order valence-electron chi connectivity index (χ4n) is 3.03. The van der Waals surface area contributed by atoms with E-state index in [1.165, 1.54) is 38.1 Å². The number of rotatable bonds is 5. The van der Waals surface area contributed by atoms with E-state index >= 15 is 0 Å². The van der Waals surface area contributed by atoms with Crippen LogP contribution in [0.3, 0.4) is 0 Å². The summed E-state index contributed by atoms with van der Waals surface area (Å²) in [5, 5.41) is 0.847. The number of hydrogen-bond acceptors (Lipinski definition) is 8. The molecule has 0 amide bonds. The highest BCUT2D eigenvalue weighted by Crippen LogP contribution is 2.35. The zero-order chi connectivity index (χ0) is 22.9. The molecule has 0 saturated carbocycles. The molecule has 2 aromatic carbocycles. The SMILES string of the molecule is C.CC(=O)C(=O)C(=O)C(C)=O.CC(=O)c1ccc2c3c(ccc(C(C)=O)c13)C(=O)C2=O. The number of benzene rings is 2. The maximum atomic E-state index is 11.9. The maximum absolute atomic E-state index is 11.9. The number of carbonyl (C=O) groups excluding carboxylic acids is 8. The van der Waals surface area contributed by atoms with Crippen molar-refractivity contribution < 1.29 is 38.4 Å². The molecule has 0 unspecified atom stereocenters. The van der Waals surface area contributed by atoms with Gasteiger partial charge in [-0.25, -0.2) is 0 Å². The summed E-state index contributed by atoms with van der Waals surface area (Å²) < 4.78 is 0. The lowest BCUT2D eigenvalue weighted by molar-refractivity contribution is -0.147. The van der Waals surface area contributed by atoms with Crippen molar-refractivity contribution in [2.24, 2.45) is 0 Å². The van der Waals surface area contributed by atoms with Gasteiger partial charge < -0.3 is 0 Å². The van der Waals surface area contributed by atoms with Crippen molar-refractivity contribution in [3.05, 3.63) is 46.5 Å². The number of ketones is 8. The molecule has 0 aliphatic heterocycles. The Morgan fingerprint density at radius 2 is 0.871 bits per heavy atom. The van der Waals surface area contributed by atoms with E-state index in [9.17, 15) is 38.4 Å². The van der Waals surface area contributed by atoms with Crippen molar-refractivity contribution >= 4 is 57.0 Å². The van der Waals surface area contributed by atoms with Gasteiger partial charge in [0.2, 0.25) is 23.1 Å². The summed E-state index contributed by atoms with van der Waals surface area (Å²) in [5.41, 5.74) is 1.26. The van der Waals surface area contributed by atoms with Gasteiger partial charge in [-0.1, -0.05) is 19.6 Å². The van der Waals surface area contributed by atoms with Gasteiger partial charge in [0.15, 0.2) is 11.6 Å². The standard InChI is InChI=1S/C16H10O4.C6H6O4.CH4/c1-7(17)9-3-5-11-14-12(16(20)15(11)19)6-4-10(8(2)18)13(9)14;1-3(7)5(9)6(10)4(2)8;/h3-6H,1-2H3;1-2H3;1H4. The second-order valence-corrected chi connectivity index (χ2v) is 6.61. The van der Waals surface area contributed by atoms with Crippen molar-refractivity contribution in [3.63, 3.8) is 0 Å². The Hall–Kier alpha value is -3.94. The smallest absolute Gasteiger partial charge is 0.271 e. The number of carbonyl (C=O) groups is 8. The molecule has 160 valence electrons. The minimum atomic E-state index is -1.24. The lowest BCUT2D eigenvalue weighted by Crippen LogP contribution is -2.26. The quantitative estimate of drug-likeness (QED) is 0.406. The van der Waals surface area contributed by atoms with E-state index in [1.54, 1.807) is 0 Å². The normalized spacial score (nSPS) is 11.2. The Bertz CT molecular complexity index is 1120. The monoisotopic (exact) mass is 424 g/mol. The van der Waals surface area contributed by atoms with Crippen LogP contribution >= 0.6 is 0 Å². The first-order chi connectivity index (χ1) is 13.9. The zero-order valence-corrected chi connectivity index (χ0v) is 16.6. The highest BCUT2D eigenvalue weighted by atomic mass is 16.2. The summed E-state index contributed by atoms with van der Waals surface area (Å²) in [7, 11) is 0. The van der Waals surface area contributed by atoms with Crippen LogP contribution in [0.5, 0.6) is 0 Å². The van der Waals surface area contributed by atoms with E-state index in [0.717, 1.165) is 13.8 Å². The minimum Gasteiger partial charge on any atom is -0.294 e. The molecule has 2 aromatic rings. The summed E-state index contributed by atoms with van der Waals surface area (Å²) >= 11 is 0. The molecule has 31 heavy (non-hydrogen) atoms. The van der Waals surface area contributed by atoms with Gasteiger partial charge in [-0.3, -0.25) is 38.4 Å². The average molecular weight is 424 g/mol. The zero-order valence-electron chi connectivity index (χ0n) is 16.6. The van der Waals surface area contributed by atoms with E-state index in [2.05, 4.69) is 0 Å². The molecular weight excluding hydrogens is 404 g/mol. The first-order valence-electron chi connectivity index (χ1n) is 8.70. The van der Waals surface area contributed by atoms with Gasteiger partial charge in [0.1, 0.15) is 0 Å². The van der Waals surface area contributed by atoms with Crippen LogP contribution in [-0.2, 0) is 19.2 Å². The van der Waals surface area contributed by atoms with Crippen LogP contribution in [0.2, 0.25) is 0 Å². The molecule has 0 spiro atoms. The fraction of sp³-hybridized carbons (Fsp3) is 0.217. The summed E-state index contributed by atoms with van der Waals surface area (Å²) in [5.74, 6) is -5.87. The van der Waals surface area contributed by atoms with Crippen molar-refractivity contribution in [2.45, 2.75) is 35.1 Å². The molecule has 1 aliphatic carbocycles. The van der Waals surface area contributed by atoms with Crippen molar-refractivity contribution in [3.8, 4) is 0 Å². The third-order valence-corrected chi connectivity index (χ3v) is 4.46. The van der Waals surface area contributed by atoms with Crippen molar-refractivity contribution in [1.29, 1.82) is 0 Å². The van der Waals surface area contributed by atoms with Crippen molar-refractivity contribution in [1.82, 2.24) is 0 Å². The molecule has 8 nitrogen and oxygen atoms in total. The first kappa shape index (κ1) is 25.1. The predicted molar refractivity (Wildman–Crippen MR) is 111 cm³/mol. The minimum absolute atomic E-state index is 0. The van der Waals surface area contributed by atoms with Crippen LogP contribution in [0.1, 0.15) is 76.6 Å². The topological polar surface area (TPSA) is 137 Å². The molecule has 1 aliphatic rings. The van der Waals surface area contributed by atoms with Gasteiger partial charge in [0, 0.05) is 46.9 Å². The lowest BCUT2D eigenvalue weighted by Gasteiger charge is -2.09. The van der Waals surface area contributed by atoms with Crippen LogP contribution in [0, 0.1) is 0 Å². The van der Waals surface area contributed by atoms with Gasteiger partial charge in [0.05, 0.1) is 0 Å². The molecule has 0 fully saturated rings. The van der Waals surface area contributed by atoms with Crippen LogP contribution in [0.15, 0.2) is 24.3 Å². The Kier molecular flexibility index (Phi) is 7.49. The van der Waals surface area contributed by atoms with Crippen molar-refractivity contribution in [2.75, 3.05) is 0 Å². The van der Waals surface area contributed by atoms with E-state index in [0.29, 0.717) is 21.9 Å². The van der Waals surface area contributed by atoms with Crippen LogP contribution in [0.25, 0.3) is 10.8 Å². The first-order valence-corrected chi connectivity index (χ1v) is 8.70. The molecule has 0 aromatic heterocycles. The highest BCUT2D eigenvalue weighted by molar-refractivity contribution is 6.77. The molecule has 0 N–H and O–H groups in total. The third kappa shape index (κ3) is 4.48. The number of Topliss-reactive ketones (excluding diaryl/α,β-unsaturated/α-hetero) is 8. The summed E-state index contributed by atoms with van der Waals surface area (Å²) in [6.45, 7) is 4.69. The van der Waals surface area contributed by atoms with Crippen LogP contribution in [0.4, 0.5) is 0 Å². The van der Waals surface area contributed by atoms with E-state index in [4.69, 9.17) is 0 Å². The molecule has 0 heterocycles. The second-order valence-electron chi connectivity index (χ2n) is 6.61. The Labute approximate surface area is 177 Å². The van der Waals surface area contributed by atoms with Gasteiger partial charge in [-0.05, 0) is 26.0 Å². The molecule has 0 saturated heterocycles. The molecular formula is C23H20O8. The Morgan fingerprint density at radius 3 is 1.13 bits per heavy atom. The number of hydrogen-bond donors (Lipinski definition) is 0. The van der Waals surface area contributed by atoms with Gasteiger partial charge >= 0.3 is 0 Å². The third-order valence-electron chi connectivity index (χ3n) is 4.46. The van der Waals surface area contributed by atoms with Gasteiger partial charge in [-0.15, -0.1) is 0 Å². The Balaban J connectivity index is 0.000000376. The largest absolute Gasteiger partial charge is 0.294 e. The van der Waals surface area contributed by atoms with Crippen LogP contribution in [-0.4, -0.2) is 46.3 Å². The molecule has 3 rings (SSSR count).